The van der Waals surface area contributed by atoms with Gasteiger partial charge in [0.25, 0.3) is 0 Å². The maximum atomic E-state index is 13.2. The number of nitrogens with zero attached hydrogens (tertiary/aromatic N) is 1. The fourth-order valence-corrected chi connectivity index (χ4v) is 7.58. The molecule has 1 aliphatic rings. The predicted molar refractivity (Wildman–Crippen MR) is 134 cm³/mol. The first kappa shape index (κ1) is 24.8. The van der Waals surface area contributed by atoms with Gasteiger partial charge in [-0.25, -0.2) is 13.2 Å². The molecule has 0 unspecified atom stereocenters. The van der Waals surface area contributed by atoms with Crippen LogP contribution in [-0.2, 0) is 26.0 Å². The van der Waals surface area contributed by atoms with Gasteiger partial charge in [0.05, 0.1) is 4.90 Å². The van der Waals surface area contributed by atoms with Crippen LogP contribution in [0.5, 0.6) is 0 Å². The minimum absolute atomic E-state index is 0.0555. The van der Waals surface area contributed by atoms with E-state index in [4.69, 9.17) is 23.2 Å². The molecule has 3 aromatic carbocycles. The van der Waals surface area contributed by atoms with Gasteiger partial charge in [-0.05, 0) is 34.5 Å². The average molecular weight is 539 g/mol. The number of carboxylic acid groups (broad SMARTS) is 1. The molecule has 7 nitrogen and oxygen atoms in total. The first-order valence-corrected chi connectivity index (χ1v) is 13.5. The molecule has 0 aliphatic carbocycles. The van der Waals surface area contributed by atoms with E-state index in [9.17, 15) is 23.1 Å². The van der Waals surface area contributed by atoms with E-state index in [0.29, 0.717) is 5.75 Å². The van der Waals surface area contributed by atoms with E-state index in [2.05, 4.69) is 5.32 Å². The number of carbonyl (C=O) groups is 2. The summed E-state index contributed by atoms with van der Waals surface area (Å²) in [7, 11) is -4.08. The predicted octanol–water partition coefficient (Wildman–Crippen LogP) is 4.02. The van der Waals surface area contributed by atoms with Crippen molar-refractivity contribution in [1.82, 2.24) is 9.62 Å². The Kier molecular flexibility index (Phi) is 7.39. The highest BCUT2D eigenvalue weighted by Crippen LogP contribution is 2.32. The van der Waals surface area contributed by atoms with Gasteiger partial charge < -0.3 is 10.4 Å². The third kappa shape index (κ3) is 5.34. The molecule has 3 aromatic rings. The van der Waals surface area contributed by atoms with E-state index in [1.807, 2.05) is 42.5 Å². The fraction of sp³-hybridized carbons (Fsp3) is 0.217. The SMILES string of the molecule is O=C(O)[C@H](Cc1ccc2ccccc2c1)NC(=O)[C@@H]1SCCN1S(=O)(=O)c1cc(Cl)cc(Cl)c1. The van der Waals surface area contributed by atoms with Crippen molar-refractivity contribution >= 4 is 67.6 Å². The van der Waals surface area contributed by atoms with Crippen LogP contribution in [0.15, 0.2) is 65.6 Å². The molecule has 1 saturated heterocycles. The minimum atomic E-state index is -4.08. The molecule has 1 amide bonds. The molecular weight excluding hydrogens is 519 g/mol. The Balaban J connectivity index is 1.53. The van der Waals surface area contributed by atoms with Crippen LogP contribution in [0.3, 0.4) is 0 Å². The van der Waals surface area contributed by atoms with E-state index in [-0.39, 0.29) is 27.9 Å². The Hall–Kier alpha value is -2.30. The van der Waals surface area contributed by atoms with Crippen LogP contribution in [0.2, 0.25) is 10.0 Å². The van der Waals surface area contributed by atoms with Gasteiger partial charge in [-0.3, -0.25) is 4.79 Å². The highest BCUT2D eigenvalue weighted by molar-refractivity contribution is 8.02. The summed E-state index contributed by atoms with van der Waals surface area (Å²) in [6, 6.07) is 16.0. The van der Waals surface area contributed by atoms with Crippen LogP contribution in [0.4, 0.5) is 0 Å². The molecule has 0 saturated carbocycles. The number of hydrogen-bond acceptors (Lipinski definition) is 5. The summed E-state index contributed by atoms with van der Waals surface area (Å²) in [6.45, 7) is 0.0949. The lowest BCUT2D eigenvalue weighted by Crippen LogP contribution is -2.50. The molecule has 1 aliphatic heterocycles. The van der Waals surface area contributed by atoms with Gasteiger partial charge in [-0.2, -0.15) is 4.31 Å². The standard InChI is InChI=1S/C23H20Cl2N2O5S2/c24-17-11-18(25)13-19(12-17)34(31,32)27-7-8-33-22(27)21(28)26-20(23(29)30)10-14-5-6-15-3-1-2-4-16(15)9-14/h1-6,9,11-13,20,22H,7-8,10H2,(H,26,28)(H,29,30)/t20-,22-/m0/s1. The number of amides is 1. The minimum Gasteiger partial charge on any atom is -0.480 e. The van der Waals surface area contributed by atoms with Crippen molar-refractivity contribution in [1.29, 1.82) is 0 Å². The van der Waals surface area contributed by atoms with Gasteiger partial charge in [-0.15, -0.1) is 11.8 Å². The fourth-order valence-electron chi connectivity index (χ4n) is 3.76. The second-order valence-electron chi connectivity index (χ2n) is 7.73. The Morgan fingerprint density at radius 2 is 1.74 bits per heavy atom. The summed E-state index contributed by atoms with van der Waals surface area (Å²) in [5.41, 5.74) is 0.739. The van der Waals surface area contributed by atoms with Crippen LogP contribution < -0.4 is 5.32 Å². The van der Waals surface area contributed by atoms with Gasteiger partial charge in [0.15, 0.2) is 0 Å². The highest BCUT2D eigenvalue weighted by atomic mass is 35.5. The lowest BCUT2D eigenvalue weighted by molar-refractivity contribution is -0.141. The van der Waals surface area contributed by atoms with Crippen molar-refractivity contribution in [2.45, 2.75) is 22.7 Å². The lowest BCUT2D eigenvalue weighted by Gasteiger charge is -2.24. The molecule has 2 N–H and O–H groups in total. The highest BCUT2D eigenvalue weighted by Gasteiger charge is 2.41. The van der Waals surface area contributed by atoms with Crippen molar-refractivity contribution in [2.75, 3.05) is 12.3 Å². The number of carboxylic acids is 1. The molecule has 1 heterocycles. The van der Waals surface area contributed by atoms with Crippen molar-refractivity contribution in [3.05, 3.63) is 76.3 Å². The number of thioether (sulfide) groups is 1. The lowest BCUT2D eigenvalue weighted by atomic mass is 10.0. The molecule has 4 rings (SSSR count). The Labute approximate surface area is 211 Å². The maximum Gasteiger partial charge on any atom is 0.326 e. The van der Waals surface area contributed by atoms with Crippen LogP contribution in [0, 0.1) is 0 Å². The van der Waals surface area contributed by atoms with Crippen LogP contribution in [-0.4, -0.2) is 53.4 Å². The molecule has 11 heteroatoms. The number of fused-ring (bicyclic) bond motifs is 1. The normalized spacial score (nSPS) is 17.5. The summed E-state index contributed by atoms with van der Waals surface area (Å²) in [4.78, 5) is 24.8. The zero-order valence-electron chi connectivity index (χ0n) is 17.6. The number of hydrogen-bond donors (Lipinski definition) is 2. The summed E-state index contributed by atoms with van der Waals surface area (Å²) >= 11 is 13.0. The number of rotatable bonds is 7. The van der Waals surface area contributed by atoms with E-state index < -0.39 is 33.3 Å². The number of halogens is 2. The van der Waals surface area contributed by atoms with Crippen LogP contribution in [0.25, 0.3) is 10.8 Å². The largest absolute Gasteiger partial charge is 0.480 e. The second-order valence-corrected chi connectivity index (χ2v) is 11.7. The van der Waals surface area contributed by atoms with Gasteiger partial charge in [0, 0.05) is 28.8 Å². The van der Waals surface area contributed by atoms with Gasteiger partial charge in [-0.1, -0.05) is 65.7 Å². The number of nitrogens with one attached hydrogen (secondary N) is 1. The van der Waals surface area contributed by atoms with E-state index in [1.54, 1.807) is 0 Å². The number of aliphatic carboxylic acids is 1. The number of sulfonamides is 1. The molecule has 0 radical (unpaired) electrons. The number of benzene rings is 3. The third-order valence-corrected chi connectivity index (χ3v) is 9.00. The third-order valence-electron chi connectivity index (χ3n) is 5.38. The molecule has 2 atom stereocenters. The first-order valence-electron chi connectivity index (χ1n) is 10.3. The van der Waals surface area contributed by atoms with Crippen molar-refractivity contribution in [2.24, 2.45) is 0 Å². The van der Waals surface area contributed by atoms with Crippen molar-refractivity contribution < 1.29 is 23.1 Å². The average Bonchev–Trinajstić information content (AvgIpc) is 3.29. The smallest absolute Gasteiger partial charge is 0.326 e. The summed E-state index contributed by atoms with van der Waals surface area (Å²) < 4.78 is 27.4. The molecule has 0 aromatic heterocycles. The Morgan fingerprint density at radius 3 is 2.41 bits per heavy atom. The molecule has 34 heavy (non-hydrogen) atoms. The molecule has 1 fully saturated rings. The first-order chi connectivity index (χ1) is 16.1. The monoisotopic (exact) mass is 538 g/mol. The Morgan fingerprint density at radius 1 is 1.06 bits per heavy atom. The molecule has 0 spiro atoms. The quantitative estimate of drug-likeness (QED) is 0.470. The molecule has 0 bridgehead atoms. The zero-order chi connectivity index (χ0) is 24.5. The maximum absolute atomic E-state index is 13.2. The van der Waals surface area contributed by atoms with Crippen molar-refractivity contribution in [3.8, 4) is 0 Å². The van der Waals surface area contributed by atoms with Crippen LogP contribution >= 0.6 is 35.0 Å². The van der Waals surface area contributed by atoms with Crippen LogP contribution in [0.1, 0.15) is 5.56 Å². The van der Waals surface area contributed by atoms with E-state index in [1.165, 1.54) is 18.2 Å². The summed E-state index contributed by atoms with van der Waals surface area (Å²) in [5, 5.41) is 13.4. The van der Waals surface area contributed by atoms with Crippen molar-refractivity contribution in [3.63, 3.8) is 0 Å². The molecule has 178 valence electrons. The summed E-state index contributed by atoms with van der Waals surface area (Å²) in [6.07, 6.45) is 0.0555. The van der Waals surface area contributed by atoms with Gasteiger partial charge >= 0.3 is 5.97 Å². The van der Waals surface area contributed by atoms with Gasteiger partial charge in [0.2, 0.25) is 15.9 Å². The van der Waals surface area contributed by atoms with E-state index >= 15 is 0 Å². The van der Waals surface area contributed by atoms with E-state index in [0.717, 1.165) is 32.4 Å². The second kappa shape index (κ2) is 10.1. The zero-order valence-corrected chi connectivity index (χ0v) is 20.8. The summed E-state index contributed by atoms with van der Waals surface area (Å²) in [5.74, 6) is -1.51. The topological polar surface area (TPSA) is 104 Å². The number of carbonyl (C=O) groups excluding carboxylic acids is 1. The van der Waals surface area contributed by atoms with Gasteiger partial charge in [0.1, 0.15) is 11.4 Å². The Bertz CT molecular complexity index is 1350. The molecular formula is C23H20Cl2N2O5S2.